The van der Waals surface area contributed by atoms with E-state index in [0.717, 1.165) is 15.1 Å². The van der Waals surface area contributed by atoms with Crippen molar-refractivity contribution in [3.8, 4) is 0 Å². The molecule has 1 aliphatic rings. The first-order chi connectivity index (χ1) is 12.8. The molecule has 0 spiro atoms. The Kier molecular flexibility index (Phi) is 5.94. The van der Waals surface area contributed by atoms with Crippen LogP contribution in [0.2, 0.25) is 0 Å². The standard InChI is InChI=1S/C16H16BrN3O5S2/c17-14-5-6-15(26-14)27(24,25)19-9-7-11(8-10-19)16(21)18-12-1-3-13(4-2-12)20(22)23/h1-6,11H,7-10H2,(H,18,21). The maximum atomic E-state index is 12.6. The number of halogens is 1. The van der Waals surface area contributed by atoms with Gasteiger partial charge >= 0.3 is 0 Å². The van der Waals surface area contributed by atoms with Crippen molar-refractivity contribution in [3.63, 3.8) is 0 Å². The van der Waals surface area contributed by atoms with Crippen molar-refractivity contribution in [2.75, 3.05) is 18.4 Å². The average Bonchev–Trinajstić information content (AvgIpc) is 3.09. The zero-order valence-corrected chi connectivity index (χ0v) is 17.2. The Morgan fingerprint density at radius 2 is 1.81 bits per heavy atom. The fraction of sp³-hybridized carbons (Fsp3) is 0.312. The first kappa shape index (κ1) is 19.9. The highest BCUT2D eigenvalue weighted by atomic mass is 79.9. The van der Waals surface area contributed by atoms with E-state index in [2.05, 4.69) is 21.2 Å². The summed E-state index contributed by atoms with van der Waals surface area (Å²) in [4.78, 5) is 22.6. The number of sulfonamides is 1. The summed E-state index contributed by atoms with van der Waals surface area (Å²) in [7, 11) is -3.54. The number of amides is 1. The highest BCUT2D eigenvalue weighted by Gasteiger charge is 2.32. The summed E-state index contributed by atoms with van der Waals surface area (Å²) in [6.07, 6.45) is 0.842. The van der Waals surface area contributed by atoms with Crippen LogP contribution in [0.5, 0.6) is 0 Å². The quantitative estimate of drug-likeness (QED) is 0.527. The second-order valence-corrected chi connectivity index (χ2v) is 10.7. The molecule has 3 rings (SSSR count). The summed E-state index contributed by atoms with van der Waals surface area (Å²) >= 11 is 4.43. The number of nitro groups is 1. The molecule has 0 aliphatic carbocycles. The number of rotatable bonds is 5. The second kappa shape index (κ2) is 8.05. The molecular formula is C16H16BrN3O5S2. The number of hydrogen-bond donors (Lipinski definition) is 1. The molecular weight excluding hydrogens is 458 g/mol. The lowest BCUT2D eigenvalue weighted by atomic mass is 9.97. The molecule has 1 saturated heterocycles. The molecule has 0 atom stereocenters. The Labute approximate surface area is 168 Å². The van der Waals surface area contributed by atoms with Crippen molar-refractivity contribution in [2.24, 2.45) is 5.92 Å². The van der Waals surface area contributed by atoms with Crippen molar-refractivity contribution < 1.29 is 18.1 Å². The van der Waals surface area contributed by atoms with Crippen LogP contribution < -0.4 is 5.32 Å². The first-order valence-corrected chi connectivity index (χ1v) is 11.1. The van der Waals surface area contributed by atoms with Crippen LogP contribution in [0, 0.1) is 16.0 Å². The zero-order valence-electron chi connectivity index (χ0n) is 14.0. The largest absolute Gasteiger partial charge is 0.326 e. The minimum Gasteiger partial charge on any atom is -0.326 e. The molecule has 1 aromatic heterocycles. The SMILES string of the molecule is O=C(Nc1ccc([N+](=O)[O-])cc1)C1CCN(S(=O)(=O)c2ccc(Br)s2)CC1. The number of nitrogens with one attached hydrogen (secondary N) is 1. The van der Waals surface area contributed by atoms with E-state index in [1.807, 2.05) is 0 Å². The predicted octanol–water partition coefficient (Wildman–Crippen LogP) is 3.46. The van der Waals surface area contributed by atoms with Crippen LogP contribution in [0.15, 0.2) is 44.4 Å². The lowest BCUT2D eigenvalue weighted by Crippen LogP contribution is -2.41. The molecule has 27 heavy (non-hydrogen) atoms. The number of carbonyl (C=O) groups is 1. The Hall–Kier alpha value is -1.82. The third kappa shape index (κ3) is 4.54. The Morgan fingerprint density at radius 3 is 2.33 bits per heavy atom. The number of nitro benzene ring substituents is 1. The van der Waals surface area contributed by atoms with Crippen LogP contribution in [0.1, 0.15) is 12.8 Å². The fourth-order valence-electron chi connectivity index (χ4n) is 2.83. The number of carbonyl (C=O) groups excluding carboxylic acids is 1. The molecule has 0 unspecified atom stereocenters. The van der Waals surface area contributed by atoms with Crippen LogP contribution in [0.25, 0.3) is 0 Å². The summed E-state index contributed by atoms with van der Waals surface area (Å²) in [6.45, 7) is 0.548. The van der Waals surface area contributed by atoms with Gasteiger partial charge in [-0.3, -0.25) is 14.9 Å². The van der Waals surface area contributed by atoms with Gasteiger partial charge in [0.1, 0.15) is 4.21 Å². The summed E-state index contributed by atoms with van der Waals surface area (Å²) in [5, 5.41) is 13.4. The fourth-order valence-corrected chi connectivity index (χ4v) is 6.47. The van der Waals surface area contributed by atoms with Gasteiger partial charge in [0.25, 0.3) is 15.7 Å². The van der Waals surface area contributed by atoms with Gasteiger partial charge in [-0.25, -0.2) is 8.42 Å². The molecule has 2 aromatic rings. The zero-order chi connectivity index (χ0) is 19.6. The van der Waals surface area contributed by atoms with Gasteiger partial charge in [0.2, 0.25) is 5.91 Å². The summed E-state index contributed by atoms with van der Waals surface area (Å²) < 4.78 is 27.7. The summed E-state index contributed by atoms with van der Waals surface area (Å²) in [5.41, 5.74) is 0.427. The van der Waals surface area contributed by atoms with Gasteiger partial charge in [-0.1, -0.05) is 0 Å². The molecule has 1 aliphatic heterocycles. The van der Waals surface area contributed by atoms with Crippen molar-refractivity contribution in [3.05, 3.63) is 50.3 Å². The minimum atomic E-state index is -3.54. The van der Waals surface area contributed by atoms with E-state index >= 15 is 0 Å². The normalized spacial score (nSPS) is 16.2. The summed E-state index contributed by atoms with van der Waals surface area (Å²) in [5.74, 6) is -0.513. The monoisotopic (exact) mass is 473 g/mol. The Bertz CT molecular complexity index is 951. The molecule has 0 saturated carbocycles. The van der Waals surface area contributed by atoms with Gasteiger partial charge < -0.3 is 5.32 Å². The first-order valence-electron chi connectivity index (χ1n) is 8.08. The van der Waals surface area contributed by atoms with E-state index in [-0.39, 0.29) is 34.8 Å². The molecule has 2 heterocycles. The Morgan fingerprint density at radius 1 is 1.19 bits per heavy atom. The molecule has 8 nitrogen and oxygen atoms in total. The van der Waals surface area contributed by atoms with E-state index in [1.165, 1.54) is 28.6 Å². The van der Waals surface area contributed by atoms with Crippen molar-refractivity contribution >= 4 is 54.6 Å². The number of nitrogens with zero attached hydrogens (tertiary/aromatic N) is 2. The third-order valence-electron chi connectivity index (χ3n) is 4.31. The number of hydrogen-bond acceptors (Lipinski definition) is 6. The van der Waals surface area contributed by atoms with Crippen LogP contribution in [-0.2, 0) is 14.8 Å². The van der Waals surface area contributed by atoms with Gasteiger partial charge in [-0.2, -0.15) is 4.31 Å². The molecule has 0 bridgehead atoms. The lowest BCUT2D eigenvalue weighted by Gasteiger charge is -2.30. The van der Waals surface area contributed by atoms with E-state index in [0.29, 0.717) is 18.5 Å². The van der Waals surface area contributed by atoms with Crippen LogP contribution in [-0.4, -0.2) is 36.6 Å². The molecule has 1 fully saturated rings. The van der Waals surface area contributed by atoms with Crippen molar-refractivity contribution in [2.45, 2.75) is 17.1 Å². The number of thiophene rings is 1. The van der Waals surface area contributed by atoms with E-state index in [1.54, 1.807) is 12.1 Å². The second-order valence-electron chi connectivity index (χ2n) is 6.03. The Balaban J connectivity index is 1.58. The van der Waals surface area contributed by atoms with E-state index < -0.39 is 14.9 Å². The number of anilines is 1. The van der Waals surface area contributed by atoms with Gasteiger partial charge in [0, 0.05) is 36.8 Å². The molecule has 144 valence electrons. The smallest absolute Gasteiger partial charge is 0.269 e. The van der Waals surface area contributed by atoms with Crippen molar-refractivity contribution in [1.82, 2.24) is 4.31 Å². The van der Waals surface area contributed by atoms with E-state index in [4.69, 9.17) is 0 Å². The number of piperidine rings is 1. The van der Waals surface area contributed by atoms with Crippen LogP contribution in [0.3, 0.4) is 0 Å². The highest BCUT2D eigenvalue weighted by molar-refractivity contribution is 9.11. The minimum absolute atomic E-state index is 0.0493. The average molecular weight is 474 g/mol. The van der Waals surface area contributed by atoms with Crippen LogP contribution in [0.4, 0.5) is 11.4 Å². The topological polar surface area (TPSA) is 110 Å². The maximum absolute atomic E-state index is 12.6. The maximum Gasteiger partial charge on any atom is 0.269 e. The molecule has 0 radical (unpaired) electrons. The number of non-ortho nitro benzene ring substituents is 1. The van der Waals surface area contributed by atoms with Gasteiger partial charge in [0.15, 0.2) is 0 Å². The number of benzene rings is 1. The van der Waals surface area contributed by atoms with Gasteiger partial charge in [-0.05, 0) is 53.0 Å². The van der Waals surface area contributed by atoms with Crippen LogP contribution >= 0.6 is 27.3 Å². The van der Waals surface area contributed by atoms with E-state index in [9.17, 15) is 23.3 Å². The lowest BCUT2D eigenvalue weighted by molar-refractivity contribution is -0.384. The van der Waals surface area contributed by atoms with Gasteiger partial charge in [0.05, 0.1) is 8.71 Å². The highest BCUT2D eigenvalue weighted by Crippen LogP contribution is 2.31. The van der Waals surface area contributed by atoms with Gasteiger partial charge in [-0.15, -0.1) is 11.3 Å². The third-order valence-corrected chi connectivity index (χ3v) is 8.30. The predicted molar refractivity (Wildman–Crippen MR) is 105 cm³/mol. The molecule has 1 amide bonds. The molecule has 1 aromatic carbocycles. The van der Waals surface area contributed by atoms with Crippen molar-refractivity contribution in [1.29, 1.82) is 0 Å². The summed E-state index contributed by atoms with van der Waals surface area (Å²) in [6, 6.07) is 8.86. The molecule has 1 N–H and O–H groups in total. The molecule has 11 heteroatoms.